The Kier molecular flexibility index (Phi) is 6.67. The lowest BCUT2D eigenvalue weighted by Crippen LogP contribution is -2.23. The largest absolute Gasteiger partial charge is 0.376 e. The van der Waals surface area contributed by atoms with Crippen LogP contribution >= 0.6 is 0 Å². The molecule has 1 atom stereocenters. The van der Waals surface area contributed by atoms with E-state index in [2.05, 4.69) is 38.6 Å². The van der Waals surface area contributed by atoms with E-state index in [1.165, 1.54) is 0 Å². The number of benzene rings is 1. The third-order valence-electron chi connectivity index (χ3n) is 5.84. The monoisotopic (exact) mass is 455 g/mol. The number of aryl methyl sites for hydroxylation is 1. The molecule has 8 nitrogen and oxygen atoms in total. The molecule has 0 aliphatic carbocycles. The fourth-order valence-electron chi connectivity index (χ4n) is 3.93. The van der Waals surface area contributed by atoms with E-state index in [0.29, 0.717) is 12.1 Å². The maximum absolute atomic E-state index is 12.7. The van der Waals surface area contributed by atoms with Crippen LogP contribution in [0.2, 0.25) is 0 Å². The van der Waals surface area contributed by atoms with Crippen molar-refractivity contribution >= 4 is 28.3 Å². The van der Waals surface area contributed by atoms with Gasteiger partial charge in [-0.3, -0.25) is 14.8 Å². The second kappa shape index (κ2) is 9.82. The summed E-state index contributed by atoms with van der Waals surface area (Å²) in [5.41, 5.74) is 6.04. The molecule has 1 amide bonds. The van der Waals surface area contributed by atoms with Crippen molar-refractivity contribution in [2.45, 2.75) is 19.8 Å². The normalized spacial score (nSPS) is 11.8. The smallest absolute Gasteiger partial charge is 0.253 e. The molecule has 0 aliphatic rings. The number of nitrogens with zero attached hydrogens (tertiary/aromatic N) is 5. The van der Waals surface area contributed by atoms with Gasteiger partial charge in [0.25, 0.3) is 5.91 Å². The van der Waals surface area contributed by atoms with Gasteiger partial charge in [0.1, 0.15) is 12.1 Å². The Morgan fingerprint density at radius 3 is 2.59 bits per heavy atom. The molecule has 4 aromatic rings. The number of para-hydroxylation sites is 1. The van der Waals surface area contributed by atoms with Crippen LogP contribution in [0.1, 0.15) is 34.5 Å². The first kappa shape index (κ1) is 23.1. The molecule has 1 aromatic carbocycles. The van der Waals surface area contributed by atoms with Gasteiger partial charge in [-0.15, -0.1) is 0 Å². The maximum atomic E-state index is 12.7. The Morgan fingerprint density at radius 2 is 1.88 bits per heavy atom. The van der Waals surface area contributed by atoms with Crippen LogP contribution in [0.3, 0.4) is 0 Å². The number of carbonyl (C=O) groups is 1. The highest BCUT2D eigenvalue weighted by atomic mass is 16.1. The van der Waals surface area contributed by atoms with Crippen LogP contribution in [0.5, 0.6) is 0 Å². The van der Waals surface area contributed by atoms with E-state index in [1.807, 2.05) is 62.4 Å². The van der Waals surface area contributed by atoms with E-state index >= 15 is 0 Å². The summed E-state index contributed by atoms with van der Waals surface area (Å²) in [5, 5.41) is 7.02. The highest BCUT2D eigenvalue weighted by Gasteiger charge is 2.20. The minimum atomic E-state index is -0.127. The summed E-state index contributed by atoms with van der Waals surface area (Å²) in [6, 6.07) is 11.9. The molecular formula is C26H29N7O. The van der Waals surface area contributed by atoms with Crippen LogP contribution in [-0.2, 0) is 0 Å². The van der Waals surface area contributed by atoms with Crippen LogP contribution in [-0.4, -0.2) is 53.5 Å². The van der Waals surface area contributed by atoms with Gasteiger partial charge in [0, 0.05) is 62.5 Å². The standard InChI is InChI=1S/C26H29N7O/c1-16(12-29-23-11-21(31-15-32-23)18-10-9-17(2)28-13-18)19-7-6-8-20-24(26(34)27-3)22(33(4)5)14-30-25(19)20/h6-11,13-16H,12H2,1-5H3,(H,27,34)(H,29,31,32)/t16-/m1/s1. The Hall–Kier alpha value is -4.07. The topological polar surface area (TPSA) is 95.9 Å². The summed E-state index contributed by atoms with van der Waals surface area (Å²) in [4.78, 5) is 32.5. The highest BCUT2D eigenvalue weighted by Crippen LogP contribution is 2.31. The van der Waals surface area contributed by atoms with Crippen molar-refractivity contribution in [3.63, 3.8) is 0 Å². The van der Waals surface area contributed by atoms with Crippen molar-refractivity contribution in [2.24, 2.45) is 0 Å². The van der Waals surface area contributed by atoms with Crippen LogP contribution in [0.15, 0.2) is 55.1 Å². The molecular weight excluding hydrogens is 426 g/mol. The molecule has 3 aromatic heterocycles. The molecule has 0 spiro atoms. The number of nitrogens with one attached hydrogen (secondary N) is 2. The fourth-order valence-corrected chi connectivity index (χ4v) is 3.93. The van der Waals surface area contributed by atoms with Gasteiger partial charge in [-0.05, 0) is 24.6 Å². The van der Waals surface area contributed by atoms with E-state index in [-0.39, 0.29) is 11.8 Å². The molecule has 0 saturated carbocycles. The average Bonchev–Trinajstić information content (AvgIpc) is 2.86. The molecule has 0 aliphatic heterocycles. The third kappa shape index (κ3) is 4.66. The van der Waals surface area contributed by atoms with Gasteiger partial charge in [0.2, 0.25) is 0 Å². The molecule has 0 unspecified atom stereocenters. The number of rotatable bonds is 7. The van der Waals surface area contributed by atoms with E-state index in [4.69, 9.17) is 4.98 Å². The van der Waals surface area contributed by atoms with Crippen molar-refractivity contribution in [3.8, 4) is 11.3 Å². The summed E-state index contributed by atoms with van der Waals surface area (Å²) in [6.45, 7) is 4.74. The molecule has 0 fully saturated rings. The second-order valence-corrected chi connectivity index (χ2v) is 8.49. The van der Waals surface area contributed by atoms with Gasteiger partial charge in [-0.2, -0.15) is 0 Å². The van der Waals surface area contributed by atoms with Crippen molar-refractivity contribution in [1.82, 2.24) is 25.3 Å². The van der Waals surface area contributed by atoms with Crippen LogP contribution < -0.4 is 15.5 Å². The molecule has 174 valence electrons. The zero-order chi connectivity index (χ0) is 24.2. The number of anilines is 2. The van der Waals surface area contributed by atoms with E-state index < -0.39 is 0 Å². The zero-order valence-corrected chi connectivity index (χ0v) is 20.1. The van der Waals surface area contributed by atoms with Gasteiger partial charge in [-0.1, -0.05) is 25.1 Å². The third-order valence-corrected chi connectivity index (χ3v) is 5.84. The van der Waals surface area contributed by atoms with Crippen LogP contribution in [0.25, 0.3) is 22.2 Å². The lowest BCUT2D eigenvalue weighted by atomic mass is 9.95. The van der Waals surface area contributed by atoms with E-state index in [0.717, 1.165) is 44.9 Å². The van der Waals surface area contributed by atoms with Gasteiger partial charge in [0.15, 0.2) is 0 Å². The van der Waals surface area contributed by atoms with Crippen molar-refractivity contribution in [2.75, 3.05) is 37.9 Å². The number of hydrogen-bond acceptors (Lipinski definition) is 7. The number of pyridine rings is 2. The quantitative estimate of drug-likeness (QED) is 0.434. The molecule has 2 N–H and O–H groups in total. The van der Waals surface area contributed by atoms with Gasteiger partial charge >= 0.3 is 0 Å². The molecule has 4 rings (SSSR count). The summed E-state index contributed by atoms with van der Waals surface area (Å²) in [5.74, 6) is 0.739. The number of aromatic nitrogens is 4. The molecule has 0 bridgehead atoms. The zero-order valence-electron chi connectivity index (χ0n) is 20.1. The summed E-state index contributed by atoms with van der Waals surface area (Å²) >= 11 is 0. The Balaban J connectivity index is 1.60. The summed E-state index contributed by atoms with van der Waals surface area (Å²) in [6.07, 6.45) is 5.14. The van der Waals surface area contributed by atoms with Crippen molar-refractivity contribution < 1.29 is 4.79 Å². The first-order valence-corrected chi connectivity index (χ1v) is 11.2. The minimum Gasteiger partial charge on any atom is -0.376 e. The number of fused-ring (bicyclic) bond motifs is 1. The fraction of sp³-hybridized carbons (Fsp3) is 0.269. The Labute approximate surface area is 199 Å². The van der Waals surface area contributed by atoms with Gasteiger partial charge in [0.05, 0.1) is 28.7 Å². The number of carbonyl (C=O) groups excluding carboxylic acids is 1. The van der Waals surface area contributed by atoms with Crippen molar-refractivity contribution in [3.05, 3.63) is 71.9 Å². The SMILES string of the molecule is CNC(=O)c1c(N(C)C)cnc2c([C@H](C)CNc3cc(-c4ccc(C)nc4)ncn3)cccc12. The predicted molar refractivity (Wildman–Crippen MR) is 136 cm³/mol. The predicted octanol–water partition coefficient (Wildman–Crippen LogP) is 4.04. The van der Waals surface area contributed by atoms with Crippen molar-refractivity contribution in [1.29, 1.82) is 0 Å². The molecule has 8 heteroatoms. The van der Waals surface area contributed by atoms with Crippen LogP contribution in [0.4, 0.5) is 11.5 Å². The second-order valence-electron chi connectivity index (χ2n) is 8.49. The van der Waals surface area contributed by atoms with Gasteiger partial charge in [-0.25, -0.2) is 9.97 Å². The minimum absolute atomic E-state index is 0.124. The molecule has 34 heavy (non-hydrogen) atoms. The summed E-state index contributed by atoms with van der Waals surface area (Å²) < 4.78 is 0. The first-order chi connectivity index (χ1) is 16.4. The van der Waals surface area contributed by atoms with E-state index in [1.54, 1.807) is 19.6 Å². The van der Waals surface area contributed by atoms with E-state index in [9.17, 15) is 4.79 Å². The average molecular weight is 456 g/mol. The van der Waals surface area contributed by atoms with Gasteiger partial charge < -0.3 is 15.5 Å². The lowest BCUT2D eigenvalue weighted by Gasteiger charge is -2.20. The van der Waals surface area contributed by atoms with Crippen LogP contribution in [0, 0.1) is 6.92 Å². The Morgan fingerprint density at radius 1 is 1.06 bits per heavy atom. The maximum Gasteiger partial charge on any atom is 0.253 e. The number of hydrogen-bond donors (Lipinski definition) is 2. The lowest BCUT2D eigenvalue weighted by molar-refractivity contribution is 0.0965. The first-order valence-electron chi connectivity index (χ1n) is 11.2. The highest BCUT2D eigenvalue weighted by molar-refractivity contribution is 6.11. The number of amides is 1. The molecule has 0 radical (unpaired) electrons. The summed E-state index contributed by atoms with van der Waals surface area (Å²) in [7, 11) is 5.47. The molecule has 3 heterocycles. The molecule has 0 saturated heterocycles. The Bertz CT molecular complexity index is 1320.